The summed E-state index contributed by atoms with van der Waals surface area (Å²) in [6.07, 6.45) is 9.66. The maximum absolute atomic E-state index is 12.3. The molecule has 0 saturated heterocycles. The van der Waals surface area contributed by atoms with E-state index in [1.165, 1.54) is 0 Å². The van der Waals surface area contributed by atoms with Crippen LogP contribution in [0.3, 0.4) is 0 Å². The minimum atomic E-state index is -0.110. The van der Waals surface area contributed by atoms with E-state index in [1.54, 1.807) is 49.8 Å². The number of hydrogen-bond donors (Lipinski definition) is 2. The second kappa shape index (κ2) is 10.4. The first-order chi connectivity index (χ1) is 16.1. The molecule has 0 aliphatic carbocycles. The first kappa shape index (κ1) is 22.6. The zero-order valence-electron chi connectivity index (χ0n) is 18.7. The topological polar surface area (TPSA) is 106 Å². The van der Waals surface area contributed by atoms with Gasteiger partial charge in [0.15, 0.2) is 0 Å². The lowest BCUT2D eigenvalue weighted by Gasteiger charge is -2.17. The molecular weight excluding hydrogens is 434 g/mol. The summed E-state index contributed by atoms with van der Waals surface area (Å²) in [6, 6.07) is 9.66. The number of thioether (sulfide) groups is 1. The van der Waals surface area contributed by atoms with Crippen LogP contribution in [-0.2, 0) is 6.42 Å². The van der Waals surface area contributed by atoms with E-state index >= 15 is 0 Å². The van der Waals surface area contributed by atoms with Gasteiger partial charge in [0.1, 0.15) is 18.0 Å². The molecule has 0 saturated carbocycles. The quantitative estimate of drug-likeness (QED) is 0.412. The zero-order chi connectivity index (χ0) is 23.2. The van der Waals surface area contributed by atoms with E-state index in [4.69, 9.17) is 0 Å². The number of benzene rings is 1. The van der Waals surface area contributed by atoms with Crippen molar-refractivity contribution in [2.45, 2.75) is 18.6 Å². The highest BCUT2D eigenvalue weighted by Crippen LogP contribution is 2.24. The van der Waals surface area contributed by atoms with E-state index in [9.17, 15) is 4.79 Å². The van der Waals surface area contributed by atoms with Crippen molar-refractivity contribution in [2.24, 2.45) is 0 Å². The van der Waals surface area contributed by atoms with Crippen LogP contribution in [0, 0.1) is 6.92 Å². The van der Waals surface area contributed by atoms with Crippen molar-refractivity contribution in [1.82, 2.24) is 30.2 Å². The summed E-state index contributed by atoms with van der Waals surface area (Å²) in [5.74, 6) is 1.36. The first-order valence-electron chi connectivity index (χ1n) is 10.6. The van der Waals surface area contributed by atoms with E-state index < -0.39 is 0 Å². The molecule has 0 radical (unpaired) electrons. The van der Waals surface area contributed by atoms with Crippen molar-refractivity contribution in [3.8, 4) is 11.3 Å². The van der Waals surface area contributed by atoms with Crippen molar-refractivity contribution in [3.05, 3.63) is 72.2 Å². The molecule has 4 aromatic rings. The number of hydrogen-bond acceptors (Lipinski definition) is 8. The average Bonchev–Trinajstić information content (AvgIpc) is 2.86. The van der Waals surface area contributed by atoms with Gasteiger partial charge < -0.3 is 10.6 Å². The Morgan fingerprint density at radius 3 is 2.67 bits per heavy atom. The van der Waals surface area contributed by atoms with Crippen LogP contribution in [0.15, 0.2) is 55.2 Å². The van der Waals surface area contributed by atoms with Crippen LogP contribution in [0.2, 0.25) is 0 Å². The number of carbonyl (C=O) groups is 1. The highest BCUT2D eigenvalue weighted by molar-refractivity contribution is 7.99. The molecule has 8 nitrogen and oxygen atoms in total. The Balaban J connectivity index is 1.50. The van der Waals surface area contributed by atoms with Gasteiger partial charge in [-0.1, -0.05) is 18.2 Å². The molecule has 1 unspecified atom stereocenters. The molecule has 0 aliphatic rings. The van der Waals surface area contributed by atoms with Crippen molar-refractivity contribution < 1.29 is 4.79 Å². The van der Waals surface area contributed by atoms with E-state index in [0.717, 1.165) is 45.8 Å². The number of rotatable bonds is 8. The third-order valence-corrected chi connectivity index (χ3v) is 6.36. The van der Waals surface area contributed by atoms with Gasteiger partial charge in [-0.3, -0.25) is 9.78 Å². The summed E-state index contributed by atoms with van der Waals surface area (Å²) in [7, 11) is 1.64. The highest BCUT2D eigenvalue weighted by atomic mass is 32.2. The molecular formula is C24H25N7OS. The van der Waals surface area contributed by atoms with Gasteiger partial charge in [0.2, 0.25) is 0 Å². The average molecular weight is 460 g/mol. The van der Waals surface area contributed by atoms with Crippen LogP contribution in [0.4, 0.5) is 5.82 Å². The van der Waals surface area contributed by atoms with Gasteiger partial charge in [-0.2, -0.15) is 11.8 Å². The van der Waals surface area contributed by atoms with Gasteiger partial charge in [0.05, 0.1) is 16.8 Å². The molecule has 33 heavy (non-hydrogen) atoms. The van der Waals surface area contributed by atoms with Crippen LogP contribution in [0.25, 0.3) is 22.2 Å². The summed E-state index contributed by atoms with van der Waals surface area (Å²) in [5, 5.41) is 7.27. The maximum atomic E-state index is 12.3. The van der Waals surface area contributed by atoms with Crippen LogP contribution in [-0.4, -0.2) is 55.9 Å². The number of fused-ring (bicyclic) bond motifs is 1. The first-order valence-corrected chi connectivity index (χ1v) is 11.8. The predicted molar refractivity (Wildman–Crippen MR) is 132 cm³/mol. The Hall–Kier alpha value is -3.59. The van der Waals surface area contributed by atoms with Crippen LogP contribution >= 0.6 is 11.8 Å². The number of nitrogens with one attached hydrogen (secondary N) is 2. The number of pyridine rings is 1. The third-order valence-electron chi connectivity index (χ3n) is 5.36. The number of para-hydroxylation sites is 1. The normalized spacial score (nSPS) is 11.8. The van der Waals surface area contributed by atoms with Crippen molar-refractivity contribution in [2.75, 3.05) is 25.2 Å². The molecule has 9 heteroatoms. The second-order valence-electron chi connectivity index (χ2n) is 7.50. The van der Waals surface area contributed by atoms with E-state index in [-0.39, 0.29) is 11.2 Å². The monoisotopic (exact) mass is 459 g/mol. The molecule has 2 N–H and O–H groups in total. The van der Waals surface area contributed by atoms with Gasteiger partial charge in [-0.05, 0) is 31.2 Å². The minimum Gasteiger partial charge on any atom is -0.369 e. The van der Waals surface area contributed by atoms with E-state index in [1.807, 2.05) is 25.1 Å². The molecule has 0 fully saturated rings. The standard InChI is InChI=1S/C24H25N7OS/c1-15-27-11-17(12-28-15)21-10-22(31-14-30-21)29-13-18(33-3)9-16-5-4-6-19-20(24(32)25-2)7-8-26-23(16)19/h4-8,10-12,14,18H,9,13H2,1-3H3,(H,25,32)(H,29,30,31). The van der Waals surface area contributed by atoms with Crippen molar-refractivity contribution in [1.29, 1.82) is 0 Å². The lowest BCUT2D eigenvalue weighted by Crippen LogP contribution is -2.20. The molecule has 3 aromatic heterocycles. The highest BCUT2D eigenvalue weighted by Gasteiger charge is 2.15. The lowest BCUT2D eigenvalue weighted by molar-refractivity contribution is 0.0964. The van der Waals surface area contributed by atoms with Gasteiger partial charge in [-0.25, -0.2) is 19.9 Å². The Morgan fingerprint density at radius 1 is 1.09 bits per heavy atom. The van der Waals surface area contributed by atoms with Gasteiger partial charge >= 0.3 is 0 Å². The number of aromatic nitrogens is 5. The maximum Gasteiger partial charge on any atom is 0.251 e. The molecule has 1 amide bonds. The number of carbonyl (C=O) groups excluding carboxylic acids is 1. The zero-order valence-corrected chi connectivity index (χ0v) is 19.6. The van der Waals surface area contributed by atoms with Gasteiger partial charge in [0, 0.05) is 54.4 Å². The molecule has 1 aromatic carbocycles. The van der Waals surface area contributed by atoms with Gasteiger partial charge in [0.25, 0.3) is 5.91 Å². The third kappa shape index (κ3) is 5.25. The summed E-state index contributed by atoms with van der Waals surface area (Å²) in [6.45, 7) is 2.57. The largest absolute Gasteiger partial charge is 0.369 e. The Labute approximate surface area is 196 Å². The molecule has 3 heterocycles. The molecule has 0 bridgehead atoms. The summed E-state index contributed by atoms with van der Waals surface area (Å²) in [5.41, 5.74) is 4.23. The fourth-order valence-corrected chi connectivity index (χ4v) is 4.17. The number of amides is 1. The predicted octanol–water partition coefficient (Wildman–Crippen LogP) is 3.54. The van der Waals surface area contributed by atoms with E-state index in [0.29, 0.717) is 12.1 Å². The van der Waals surface area contributed by atoms with Crippen LogP contribution in [0.5, 0.6) is 0 Å². The van der Waals surface area contributed by atoms with Crippen molar-refractivity contribution in [3.63, 3.8) is 0 Å². The molecule has 4 rings (SSSR count). The van der Waals surface area contributed by atoms with Gasteiger partial charge in [-0.15, -0.1) is 0 Å². The van der Waals surface area contributed by atoms with E-state index in [2.05, 4.69) is 47.9 Å². The summed E-state index contributed by atoms with van der Waals surface area (Å²) < 4.78 is 0. The summed E-state index contributed by atoms with van der Waals surface area (Å²) >= 11 is 1.78. The number of nitrogens with zero attached hydrogens (tertiary/aromatic N) is 5. The fourth-order valence-electron chi connectivity index (χ4n) is 3.57. The smallest absolute Gasteiger partial charge is 0.251 e. The minimum absolute atomic E-state index is 0.110. The Kier molecular flexibility index (Phi) is 7.09. The number of aryl methyl sites for hydroxylation is 1. The lowest BCUT2D eigenvalue weighted by atomic mass is 10.0. The van der Waals surface area contributed by atoms with Crippen LogP contribution < -0.4 is 10.6 Å². The molecule has 0 aliphatic heterocycles. The summed E-state index contributed by atoms with van der Waals surface area (Å²) in [4.78, 5) is 34.0. The Bertz CT molecular complexity index is 1260. The van der Waals surface area contributed by atoms with Crippen LogP contribution in [0.1, 0.15) is 21.7 Å². The number of anilines is 1. The Morgan fingerprint density at radius 2 is 1.91 bits per heavy atom. The molecule has 1 atom stereocenters. The SMILES string of the molecule is CNC(=O)c1ccnc2c(CC(CNc3cc(-c4cnc(C)nc4)ncn3)SC)cccc12. The second-order valence-corrected chi connectivity index (χ2v) is 8.64. The molecule has 0 spiro atoms. The van der Waals surface area contributed by atoms with Crippen molar-refractivity contribution >= 4 is 34.4 Å². The fraction of sp³-hybridized carbons (Fsp3) is 0.250. The molecule has 168 valence electrons.